The van der Waals surface area contributed by atoms with Crippen LogP contribution in [-0.4, -0.2) is 34.1 Å². The summed E-state index contributed by atoms with van der Waals surface area (Å²) in [6.45, 7) is 4.94. The van der Waals surface area contributed by atoms with Gasteiger partial charge < -0.3 is 0 Å². The Morgan fingerprint density at radius 3 is 1.85 bits per heavy atom. The third-order valence-corrected chi connectivity index (χ3v) is 15.9. The van der Waals surface area contributed by atoms with Crippen LogP contribution >= 0.6 is 0 Å². The molecule has 3 nitrogen and oxygen atoms in total. The van der Waals surface area contributed by atoms with E-state index in [0.29, 0.717) is 11.1 Å². The Morgan fingerprint density at radius 1 is 0.630 bits per heavy atom. The molecule has 0 bridgehead atoms. The van der Waals surface area contributed by atoms with Crippen LogP contribution in [0.5, 0.6) is 0 Å². The minimum atomic E-state index is -2.07. The molecule has 1 aliphatic carbocycles. The van der Waals surface area contributed by atoms with Crippen LogP contribution in [-0.2, 0) is 5.41 Å². The van der Waals surface area contributed by atoms with Gasteiger partial charge in [-0.15, -0.1) is 0 Å². The molecule has 46 heavy (non-hydrogen) atoms. The average molecular weight is 675 g/mol. The molecule has 0 fully saturated rings. The number of nitrogens with zero attached hydrogens (tertiary/aromatic N) is 1. The Balaban J connectivity index is 1.40. The normalized spacial score (nSPS) is 16.4. The summed E-state index contributed by atoms with van der Waals surface area (Å²) < 4.78 is 2.30. The molecular weight excluding hydrogens is 646 g/mol. The molecule has 0 unspecified atom stereocenters. The predicted octanol–water partition coefficient (Wildman–Crippen LogP) is 7.51. The van der Waals surface area contributed by atoms with Crippen molar-refractivity contribution >= 4 is 66.5 Å². The fourth-order valence-corrected chi connectivity index (χ4v) is 13.5. The zero-order valence-corrected chi connectivity index (χ0v) is 28.2. The summed E-state index contributed by atoms with van der Waals surface area (Å²) in [4.78, 5) is 29.6. The molecule has 3 aliphatic rings. The third kappa shape index (κ3) is 3.53. The van der Waals surface area contributed by atoms with Crippen molar-refractivity contribution in [3.63, 3.8) is 0 Å². The van der Waals surface area contributed by atoms with Crippen molar-refractivity contribution in [3.05, 3.63) is 177 Å². The van der Waals surface area contributed by atoms with E-state index in [9.17, 15) is 9.59 Å². The maximum absolute atomic E-state index is 13.5. The molecule has 3 heterocycles. The quantitative estimate of drug-likeness (QED) is 0.111. The van der Waals surface area contributed by atoms with Crippen LogP contribution in [0.15, 0.2) is 139 Å². The SMILES string of the molecule is C[Si]1(C)c2ccccc2N2c3[se]c(C=C4C(=O)c5ccccc5C4=O)cc3C(c3ccccc3)(c3ccccc3)c3cccc1c32. The molecule has 0 saturated carbocycles. The molecular formula is C41H29NO2SeSi. The molecule has 5 aromatic carbocycles. The number of Topliss-reactive ketones (excluding diaryl/α,β-unsaturated/α-hetero) is 2. The number of carbonyl (C=O) groups excluding carboxylic acids is 2. The van der Waals surface area contributed by atoms with Gasteiger partial charge in [0.1, 0.15) is 0 Å². The number of hydrogen-bond donors (Lipinski definition) is 0. The molecule has 0 radical (unpaired) electrons. The van der Waals surface area contributed by atoms with Gasteiger partial charge in [-0.3, -0.25) is 0 Å². The fraction of sp³-hybridized carbons (Fsp3) is 0.0732. The van der Waals surface area contributed by atoms with Crippen LogP contribution in [0, 0.1) is 0 Å². The molecule has 9 rings (SSSR count). The molecule has 220 valence electrons. The van der Waals surface area contributed by atoms with Crippen LogP contribution in [0.1, 0.15) is 47.4 Å². The molecule has 0 atom stereocenters. The summed E-state index contributed by atoms with van der Waals surface area (Å²) >= 11 is -0.173. The van der Waals surface area contributed by atoms with Gasteiger partial charge in [0, 0.05) is 0 Å². The molecule has 0 saturated heterocycles. The summed E-state index contributed by atoms with van der Waals surface area (Å²) in [6, 6.07) is 47.0. The fourth-order valence-electron chi connectivity index (χ4n) is 8.03. The Bertz CT molecular complexity index is 2210. The van der Waals surface area contributed by atoms with Gasteiger partial charge in [0.05, 0.1) is 0 Å². The number of hydrogen-bond acceptors (Lipinski definition) is 3. The Morgan fingerprint density at radius 2 is 1.20 bits per heavy atom. The van der Waals surface area contributed by atoms with E-state index in [1.807, 2.05) is 18.2 Å². The van der Waals surface area contributed by atoms with Crippen molar-refractivity contribution in [2.75, 3.05) is 4.90 Å². The first kappa shape index (κ1) is 27.5. The summed E-state index contributed by atoms with van der Waals surface area (Å²) in [5.41, 5.74) is 8.16. The van der Waals surface area contributed by atoms with E-state index in [2.05, 4.69) is 127 Å². The monoisotopic (exact) mass is 675 g/mol. The molecule has 5 heteroatoms. The number of anilines is 3. The first-order chi connectivity index (χ1) is 22.4. The summed E-state index contributed by atoms with van der Waals surface area (Å²) in [5.74, 6) is -0.359. The Hall–Kier alpha value is -4.80. The van der Waals surface area contributed by atoms with Crippen molar-refractivity contribution in [1.29, 1.82) is 0 Å². The van der Waals surface area contributed by atoms with E-state index < -0.39 is 13.5 Å². The van der Waals surface area contributed by atoms with Crippen molar-refractivity contribution in [3.8, 4) is 0 Å². The topological polar surface area (TPSA) is 37.4 Å². The third-order valence-electron chi connectivity index (χ3n) is 10.1. The summed E-state index contributed by atoms with van der Waals surface area (Å²) in [5, 5.41) is 2.86. The second-order valence-corrected chi connectivity index (χ2v) is 19.3. The van der Waals surface area contributed by atoms with E-state index in [0.717, 1.165) is 4.44 Å². The predicted molar refractivity (Wildman–Crippen MR) is 190 cm³/mol. The number of fused-ring (bicyclic) bond motifs is 5. The zero-order chi connectivity index (χ0) is 31.2. The van der Waals surface area contributed by atoms with Crippen LogP contribution in [0.2, 0.25) is 13.1 Å². The van der Waals surface area contributed by atoms with Gasteiger partial charge in [-0.25, -0.2) is 0 Å². The zero-order valence-electron chi connectivity index (χ0n) is 25.5. The van der Waals surface area contributed by atoms with Crippen LogP contribution in [0.3, 0.4) is 0 Å². The number of para-hydroxylation sites is 2. The second-order valence-electron chi connectivity index (χ2n) is 12.8. The van der Waals surface area contributed by atoms with Crippen molar-refractivity contribution < 1.29 is 9.59 Å². The molecule has 1 aromatic heterocycles. The van der Waals surface area contributed by atoms with Crippen molar-refractivity contribution in [2.45, 2.75) is 18.5 Å². The standard InChI is InChI=1S/C41H29NO2SeSi/c1-46(2)35-22-12-11-21-34(35)42-37-32(20-13-23-36(37)46)41(26-14-5-3-6-15-26,27-16-7-4-8-17-27)33-25-28(45-40(33)42)24-31-38(43)29-18-9-10-19-30(29)39(31)44/h3-25H,1-2H3. The van der Waals surface area contributed by atoms with E-state index in [4.69, 9.17) is 0 Å². The Kier molecular flexibility index (Phi) is 5.89. The maximum atomic E-state index is 13.5. The van der Waals surface area contributed by atoms with Gasteiger partial charge in [0.25, 0.3) is 0 Å². The van der Waals surface area contributed by atoms with Crippen molar-refractivity contribution in [1.82, 2.24) is 0 Å². The first-order valence-electron chi connectivity index (χ1n) is 15.6. The number of rotatable bonds is 3. The van der Waals surface area contributed by atoms with E-state index in [1.54, 1.807) is 12.1 Å². The average Bonchev–Trinajstić information content (AvgIpc) is 3.62. The minimum absolute atomic E-state index is 0.173. The summed E-state index contributed by atoms with van der Waals surface area (Å²) in [6.07, 6.45) is 1.89. The number of allylic oxidation sites excluding steroid dienone is 1. The number of carbonyl (C=O) groups is 2. The molecule has 6 aromatic rings. The van der Waals surface area contributed by atoms with E-state index >= 15 is 0 Å². The van der Waals surface area contributed by atoms with Gasteiger partial charge in [0.2, 0.25) is 0 Å². The Labute approximate surface area is 275 Å². The van der Waals surface area contributed by atoms with E-state index in [-0.39, 0.29) is 31.6 Å². The molecule has 0 spiro atoms. The molecule has 0 amide bonds. The summed E-state index contributed by atoms with van der Waals surface area (Å²) in [7, 11) is -2.07. The van der Waals surface area contributed by atoms with Gasteiger partial charge in [-0.2, -0.15) is 0 Å². The molecule has 0 N–H and O–H groups in total. The van der Waals surface area contributed by atoms with Crippen molar-refractivity contribution in [2.24, 2.45) is 0 Å². The van der Waals surface area contributed by atoms with Crippen LogP contribution in [0.4, 0.5) is 15.9 Å². The van der Waals surface area contributed by atoms with Gasteiger partial charge >= 0.3 is 276 Å². The van der Waals surface area contributed by atoms with Crippen LogP contribution < -0.4 is 15.3 Å². The molecule has 2 aliphatic heterocycles. The first-order valence-corrected chi connectivity index (χ1v) is 20.3. The van der Waals surface area contributed by atoms with Gasteiger partial charge in [-0.1, -0.05) is 0 Å². The van der Waals surface area contributed by atoms with Gasteiger partial charge in [-0.05, 0) is 0 Å². The van der Waals surface area contributed by atoms with Crippen LogP contribution in [0.25, 0.3) is 6.08 Å². The van der Waals surface area contributed by atoms with E-state index in [1.165, 1.54) is 48.6 Å². The number of ketones is 2. The van der Waals surface area contributed by atoms with Gasteiger partial charge in [0.15, 0.2) is 0 Å². The number of benzene rings is 5. The second kappa shape index (κ2) is 9.85.